The van der Waals surface area contributed by atoms with Crippen LogP contribution >= 0.6 is 0 Å². The number of rotatable bonds is 5. The lowest BCUT2D eigenvalue weighted by Gasteiger charge is -1.92. The molecule has 0 fully saturated rings. The van der Waals surface area contributed by atoms with E-state index in [4.69, 9.17) is 5.11 Å². The Morgan fingerprint density at radius 2 is 2.07 bits per heavy atom. The SMILES string of the molecule is O=C(O)CCC/N=C/c1ccccc1. The number of aliphatic imine (C=N–C) groups is 1. The van der Waals surface area contributed by atoms with Crippen LogP contribution in [0.15, 0.2) is 35.3 Å². The summed E-state index contributed by atoms with van der Waals surface area (Å²) in [4.78, 5) is 14.3. The number of carboxylic acid groups (broad SMARTS) is 1. The predicted molar refractivity (Wildman–Crippen MR) is 55.8 cm³/mol. The molecule has 3 heteroatoms. The number of carboxylic acids is 1. The molecule has 0 aliphatic rings. The first-order valence-corrected chi connectivity index (χ1v) is 4.56. The Balaban J connectivity index is 2.25. The Bertz CT molecular complexity index is 306. The van der Waals surface area contributed by atoms with Gasteiger partial charge in [-0.05, 0) is 12.0 Å². The minimum absolute atomic E-state index is 0.187. The van der Waals surface area contributed by atoms with E-state index in [9.17, 15) is 4.79 Å². The second kappa shape index (κ2) is 5.91. The summed E-state index contributed by atoms with van der Waals surface area (Å²) in [7, 11) is 0. The van der Waals surface area contributed by atoms with Crippen molar-refractivity contribution in [1.29, 1.82) is 0 Å². The average Bonchev–Trinajstić information content (AvgIpc) is 2.18. The van der Waals surface area contributed by atoms with Gasteiger partial charge >= 0.3 is 5.97 Å². The standard InChI is InChI=1S/C11H13NO2/c13-11(14)7-4-8-12-9-10-5-2-1-3-6-10/h1-3,5-6,9H,4,7-8H2,(H,13,14)/b12-9+. The van der Waals surface area contributed by atoms with Crippen LogP contribution in [0.2, 0.25) is 0 Å². The quantitative estimate of drug-likeness (QED) is 0.571. The first-order valence-electron chi connectivity index (χ1n) is 4.56. The summed E-state index contributed by atoms with van der Waals surface area (Å²) in [5.74, 6) is -0.764. The van der Waals surface area contributed by atoms with Crippen LogP contribution in [-0.2, 0) is 4.79 Å². The third-order valence-corrected chi connectivity index (χ3v) is 1.72. The van der Waals surface area contributed by atoms with E-state index >= 15 is 0 Å². The van der Waals surface area contributed by atoms with Gasteiger partial charge in [-0.15, -0.1) is 0 Å². The molecule has 0 radical (unpaired) electrons. The van der Waals surface area contributed by atoms with E-state index in [1.54, 1.807) is 6.21 Å². The Morgan fingerprint density at radius 1 is 1.36 bits per heavy atom. The maximum Gasteiger partial charge on any atom is 0.303 e. The van der Waals surface area contributed by atoms with Crippen LogP contribution < -0.4 is 0 Å². The van der Waals surface area contributed by atoms with Crippen LogP contribution in [0.3, 0.4) is 0 Å². The van der Waals surface area contributed by atoms with Gasteiger partial charge in [0, 0.05) is 19.2 Å². The van der Waals surface area contributed by atoms with Crippen LogP contribution in [0.5, 0.6) is 0 Å². The molecule has 1 N–H and O–H groups in total. The molecule has 0 heterocycles. The Kier molecular flexibility index (Phi) is 4.41. The molecule has 0 bridgehead atoms. The molecule has 0 saturated heterocycles. The summed E-state index contributed by atoms with van der Waals surface area (Å²) in [6.07, 6.45) is 2.55. The molecular weight excluding hydrogens is 178 g/mol. The average molecular weight is 191 g/mol. The summed E-state index contributed by atoms with van der Waals surface area (Å²) in [5, 5.41) is 8.38. The summed E-state index contributed by atoms with van der Waals surface area (Å²) in [6, 6.07) is 9.75. The zero-order valence-electron chi connectivity index (χ0n) is 7.89. The van der Waals surface area contributed by atoms with Crippen LogP contribution in [0, 0.1) is 0 Å². The van der Waals surface area contributed by atoms with Crippen molar-refractivity contribution in [2.75, 3.05) is 6.54 Å². The molecule has 3 nitrogen and oxygen atoms in total. The van der Waals surface area contributed by atoms with Gasteiger partial charge in [-0.2, -0.15) is 0 Å². The molecule has 0 saturated carbocycles. The number of hydrogen-bond acceptors (Lipinski definition) is 2. The van der Waals surface area contributed by atoms with E-state index in [0.29, 0.717) is 13.0 Å². The van der Waals surface area contributed by atoms with Gasteiger partial charge in [0.05, 0.1) is 0 Å². The molecule has 0 aliphatic heterocycles. The first kappa shape index (κ1) is 10.4. The molecule has 0 spiro atoms. The van der Waals surface area contributed by atoms with Crippen molar-refractivity contribution < 1.29 is 9.90 Å². The molecule has 1 aromatic rings. The number of nitrogens with zero attached hydrogens (tertiary/aromatic N) is 1. The minimum Gasteiger partial charge on any atom is -0.481 e. The van der Waals surface area contributed by atoms with Crippen LogP contribution in [0.25, 0.3) is 0 Å². The maximum absolute atomic E-state index is 10.2. The molecule has 1 rings (SSSR count). The molecule has 0 unspecified atom stereocenters. The largest absolute Gasteiger partial charge is 0.481 e. The fraction of sp³-hybridized carbons (Fsp3) is 0.273. The third kappa shape index (κ3) is 4.40. The monoisotopic (exact) mass is 191 g/mol. The Hall–Kier alpha value is -1.64. The second-order valence-electron chi connectivity index (χ2n) is 2.94. The van der Waals surface area contributed by atoms with Gasteiger partial charge in [-0.1, -0.05) is 30.3 Å². The van der Waals surface area contributed by atoms with E-state index in [0.717, 1.165) is 5.56 Å². The molecule has 0 atom stereocenters. The topological polar surface area (TPSA) is 49.7 Å². The highest BCUT2D eigenvalue weighted by Crippen LogP contribution is 1.95. The zero-order valence-corrected chi connectivity index (χ0v) is 7.89. The van der Waals surface area contributed by atoms with E-state index in [1.165, 1.54) is 0 Å². The summed E-state index contributed by atoms with van der Waals surface area (Å²) in [5.41, 5.74) is 1.04. The number of benzene rings is 1. The molecule has 74 valence electrons. The molecule has 0 amide bonds. The zero-order chi connectivity index (χ0) is 10.2. The molecule has 0 aliphatic carbocycles. The summed E-state index contributed by atoms with van der Waals surface area (Å²) < 4.78 is 0. The van der Waals surface area contributed by atoms with E-state index in [2.05, 4.69) is 4.99 Å². The summed E-state index contributed by atoms with van der Waals surface area (Å²) in [6.45, 7) is 0.571. The van der Waals surface area contributed by atoms with Crippen molar-refractivity contribution >= 4 is 12.2 Å². The van der Waals surface area contributed by atoms with Crippen LogP contribution in [0.4, 0.5) is 0 Å². The third-order valence-electron chi connectivity index (χ3n) is 1.72. The van der Waals surface area contributed by atoms with Crippen molar-refractivity contribution in [3.05, 3.63) is 35.9 Å². The van der Waals surface area contributed by atoms with Crippen molar-refractivity contribution in [2.45, 2.75) is 12.8 Å². The Labute approximate surface area is 83.1 Å². The summed E-state index contributed by atoms with van der Waals surface area (Å²) >= 11 is 0. The molecule has 1 aromatic carbocycles. The first-order chi connectivity index (χ1) is 6.79. The lowest BCUT2D eigenvalue weighted by atomic mass is 10.2. The van der Waals surface area contributed by atoms with Crippen LogP contribution in [0.1, 0.15) is 18.4 Å². The fourth-order valence-electron chi connectivity index (χ4n) is 1.03. The van der Waals surface area contributed by atoms with Crippen molar-refractivity contribution in [2.24, 2.45) is 4.99 Å². The molecular formula is C11H13NO2. The van der Waals surface area contributed by atoms with Gasteiger partial charge in [0.25, 0.3) is 0 Å². The molecule has 14 heavy (non-hydrogen) atoms. The smallest absolute Gasteiger partial charge is 0.303 e. The minimum atomic E-state index is -0.764. The maximum atomic E-state index is 10.2. The molecule has 0 aromatic heterocycles. The van der Waals surface area contributed by atoms with Gasteiger partial charge < -0.3 is 5.11 Å². The number of aliphatic carboxylic acids is 1. The van der Waals surface area contributed by atoms with Crippen molar-refractivity contribution in [3.8, 4) is 0 Å². The highest BCUT2D eigenvalue weighted by Gasteiger charge is 1.93. The normalized spacial score (nSPS) is 10.6. The van der Waals surface area contributed by atoms with Crippen molar-refractivity contribution in [3.63, 3.8) is 0 Å². The number of carbonyl (C=O) groups is 1. The van der Waals surface area contributed by atoms with E-state index in [-0.39, 0.29) is 6.42 Å². The van der Waals surface area contributed by atoms with E-state index < -0.39 is 5.97 Å². The van der Waals surface area contributed by atoms with E-state index in [1.807, 2.05) is 30.3 Å². The Morgan fingerprint density at radius 3 is 2.71 bits per heavy atom. The van der Waals surface area contributed by atoms with Gasteiger partial charge in [0.2, 0.25) is 0 Å². The van der Waals surface area contributed by atoms with Gasteiger partial charge in [0.1, 0.15) is 0 Å². The van der Waals surface area contributed by atoms with Gasteiger partial charge in [0.15, 0.2) is 0 Å². The predicted octanol–water partition coefficient (Wildman–Crippen LogP) is 1.97. The van der Waals surface area contributed by atoms with Crippen LogP contribution in [-0.4, -0.2) is 23.8 Å². The lowest BCUT2D eigenvalue weighted by Crippen LogP contribution is -1.95. The lowest BCUT2D eigenvalue weighted by molar-refractivity contribution is -0.137. The fourth-order valence-corrected chi connectivity index (χ4v) is 1.03. The second-order valence-corrected chi connectivity index (χ2v) is 2.94. The van der Waals surface area contributed by atoms with Crippen molar-refractivity contribution in [1.82, 2.24) is 0 Å². The highest BCUT2D eigenvalue weighted by atomic mass is 16.4. The highest BCUT2D eigenvalue weighted by molar-refractivity contribution is 5.79. The number of hydrogen-bond donors (Lipinski definition) is 1. The van der Waals surface area contributed by atoms with Gasteiger partial charge in [-0.25, -0.2) is 0 Å². The van der Waals surface area contributed by atoms with Gasteiger partial charge in [-0.3, -0.25) is 9.79 Å².